The van der Waals surface area contributed by atoms with Crippen LogP contribution in [0, 0.1) is 0 Å². The Morgan fingerprint density at radius 2 is 2.33 bits per heavy atom. The van der Waals surface area contributed by atoms with Crippen molar-refractivity contribution in [2.45, 2.75) is 0 Å². The van der Waals surface area contributed by atoms with Gasteiger partial charge in [-0.3, -0.25) is 0 Å². The van der Waals surface area contributed by atoms with Crippen LogP contribution in [-0.4, -0.2) is 24.7 Å². The summed E-state index contributed by atoms with van der Waals surface area (Å²) < 4.78 is 15.0. The monoisotopic (exact) mass is 267 g/mol. The van der Waals surface area contributed by atoms with E-state index in [4.69, 9.17) is 20.8 Å². The standard InChI is InChI=1S/C12H10ClNO4/c1-16-12(15)6-17-10-4-8(13)2-3-9(10)11-5-14-7-18-11/h2-5,7H,6H2,1H3. The zero-order valence-electron chi connectivity index (χ0n) is 9.55. The number of esters is 1. The molecule has 0 unspecified atom stereocenters. The van der Waals surface area contributed by atoms with Gasteiger partial charge in [-0.05, 0) is 18.2 Å². The Kier molecular flexibility index (Phi) is 3.84. The molecule has 18 heavy (non-hydrogen) atoms. The van der Waals surface area contributed by atoms with Crippen molar-refractivity contribution in [3.05, 3.63) is 35.8 Å². The molecule has 0 saturated heterocycles. The van der Waals surface area contributed by atoms with E-state index in [1.165, 1.54) is 13.5 Å². The fourth-order valence-electron chi connectivity index (χ4n) is 1.36. The van der Waals surface area contributed by atoms with E-state index in [1.54, 1.807) is 24.4 Å². The summed E-state index contributed by atoms with van der Waals surface area (Å²) in [6.07, 6.45) is 2.86. The van der Waals surface area contributed by atoms with Crippen molar-refractivity contribution >= 4 is 17.6 Å². The third-order valence-electron chi connectivity index (χ3n) is 2.21. The van der Waals surface area contributed by atoms with E-state index < -0.39 is 5.97 Å². The SMILES string of the molecule is COC(=O)COc1cc(Cl)ccc1-c1cnco1. The molecule has 0 aliphatic rings. The molecular weight excluding hydrogens is 258 g/mol. The maximum Gasteiger partial charge on any atom is 0.343 e. The van der Waals surface area contributed by atoms with E-state index in [9.17, 15) is 4.79 Å². The van der Waals surface area contributed by atoms with Crippen LogP contribution >= 0.6 is 11.6 Å². The lowest BCUT2D eigenvalue weighted by molar-refractivity contribution is -0.142. The fourth-order valence-corrected chi connectivity index (χ4v) is 1.53. The van der Waals surface area contributed by atoms with Gasteiger partial charge in [0.2, 0.25) is 0 Å². The molecule has 2 rings (SSSR count). The Morgan fingerprint density at radius 3 is 3.00 bits per heavy atom. The van der Waals surface area contributed by atoms with Crippen molar-refractivity contribution in [3.8, 4) is 17.1 Å². The summed E-state index contributed by atoms with van der Waals surface area (Å²) >= 11 is 5.88. The number of aromatic nitrogens is 1. The van der Waals surface area contributed by atoms with Crippen molar-refractivity contribution in [1.29, 1.82) is 0 Å². The maximum absolute atomic E-state index is 11.1. The van der Waals surface area contributed by atoms with Crippen LogP contribution in [0.1, 0.15) is 0 Å². The molecule has 0 bridgehead atoms. The van der Waals surface area contributed by atoms with E-state index in [-0.39, 0.29) is 6.61 Å². The van der Waals surface area contributed by atoms with Gasteiger partial charge in [0.15, 0.2) is 18.8 Å². The van der Waals surface area contributed by atoms with Gasteiger partial charge in [0, 0.05) is 5.02 Å². The Labute approximate surface area is 108 Å². The van der Waals surface area contributed by atoms with Gasteiger partial charge in [-0.1, -0.05) is 11.6 Å². The van der Waals surface area contributed by atoms with E-state index in [2.05, 4.69) is 9.72 Å². The van der Waals surface area contributed by atoms with Gasteiger partial charge in [0.1, 0.15) is 5.75 Å². The number of hydrogen-bond acceptors (Lipinski definition) is 5. The summed E-state index contributed by atoms with van der Waals surface area (Å²) in [7, 11) is 1.29. The third kappa shape index (κ3) is 2.81. The van der Waals surface area contributed by atoms with E-state index in [0.29, 0.717) is 22.1 Å². The average Bonchev–Trinajstić information content (AvgIpc) is 2.89. The number of benzene rings is 1. The number of hydrogen-bond donors (Lipinski definition) is 0. The summed E-state index contributed by atoms with van der Waals surface area (Å²) in [5.41, 5.74) is 0.667. The molecule has 0 fully saturated rings. The van der Waals surface area contributed by atoms with Gasteiger partial charge in [-0.25, -0.2) is 9.78 Å². The van der Waals surface area contributed by atoms with Crippen molar-refractivity contribution in [1.82, 2.24) is 4.98 Å². The lowest BCUT2D eigenvalue weighted by atomic mass is 10.1. The Morgan fingerprint density at radius 1 is 1.50 bits per heavy atom. The molecule has 1 aromatic heterocycles. The summed E-state index contributed by atoms with van der Waals surface area (Å²) in [6.45, 7) is -0.196. The summed E-state index contributed by atoms with van der Waals surface area (Å²) in [4.78, 5) is 14.9. The Hall–Kier alpha value is -2.01. The van der Waals surface area contributed by atoms with Crippen LogP contribution in [0.4, 0.5) is 0 Å². The van der Waals surface area contributed by atoms with Gasteiger partial charge >= 0.3 is 5.97 Å². The van der Waals surface area contributed by atoms with Crippen LogP contribution in [0.15, 0.2) is 35.2 Å². The van der Waals surface area contributed by atoms with Crippen LogP contribution < -0.4 is 4.74 Å². The van der Waals surface area contributed by atoms with E-state index in [0.717, 1.165) is 0 Å². The minimum absolute atomic E-state index is 0.196. The van der Waals surface area contributed by atoms with Crippen LogP contribution in [-0.2, 0) is 9.53 Å². The van der Waals surface area contributed by atoms with Crippen molar-refractivity contribution in [2.75, 3.05) is 13.7 Å². The van der Waals surface area contributed by atoms with E-state index in [1.807, 2.05) is 0 Å². The smallest absolute Gasteiger partial charge is 0.343 e. The average molecular weight is 268 g/mol. The van der Waals surface area contributed by atoms with Crippen molar-refractivity contribution < 1.29 is 18.7 Å². The number of carbonyl (C=O) groups is 1. The molecule has 0 aliphatic heterocycles. The first-order valence-corrected chi connectivity index (χ1v) is 5.46. The van der Waals surface area contributed by atoms with Crippen LogP contribution in [0.2, 0.25) is 5.02 Å². The number of rotatable bonds is 4. The maximum atomic E-state index is 11.1. The molecule has 94 valence electrons. The normalized spacial score (nSPS) is 10.1. The predicted octanol–water partition coefficient (Wildman–Crippen LogP) is 2.55. The molecule has 0 amide bonds. The minimum atomic E-state index is -0.474. The number of halogens is 1. The zero-order valence-corrected chi connectivity index (χ0v) is 10.3. The lowest BCUT2D eigenvalue weighted by Crippen LogP contribution is -2.12. The highest BCUT2D eigenvalue weighted by molar-refractivity contribution is 6.30. The number of nitrogens with zero attached hydrogens (tertiary/aromatic N) is 1. The van der Waals surface area contributed by atoms with Crippen molar-refractivity contribution in [2.24, 2.45) is 0 Å². The molecule has 0 saturated carbocycles. The summed E-state index contributed by atoms with van der Waals surface area (Å²) in [6, 6.07) is 5.03. The number of ether oxygens (including phenoxy) is 2. The number of oxazole rings is 1. The van der Waals surface area contributed by atoms with Crippen LogP contribution in [0.25, 0.3) is 11.3 Å². The second kappa shape index (κ2) is 5.55. The highest BCUT2D eigenvalue weighted by atomic mass is 35.5. The predicted molar refractivity (Wildman–Crippen MR) is 64.5 cm³/mol. The molecule has 0 aliphatic carbocycles. The molecular formula is C12H10ClNO4. The zero-order chi connectivity index (χ0) is 13.0. The molecule has 1 aromatic carbocycles. The third-order valence-corrected chi connectivity index (χ3v) is 2.45. The topological polar surface area (TPSA) is 61.6 Å². The van der Waals surface area contributed by atoms with Gasteiger partial charge < -0.3 is 13.9 Å². The molecule has 5 nitrogen and oxygen atoms in total. The Balaban J connectivity index is 2.27. The lowest BCUT2D eigenvalue weighted by Gasteiger charge is -2.09. The first-order valence-electron chi connectivity index (χ1n) is 5.08. The second-order valence-corrected chi connectivity index (χ2v) is 3.81. The van der Waals surface area contributed by atoms with Gasteiger partial charge in [0.25, 0.3) is 0 Å². The van der Waals surface area contributed by atoms with Gasteiger partial charge in [-0.15, -0.1) is 0 Å². The van der Waals surface area contributed by atoms with E-state index >= 15 is 0 Å². The second-order valence-electron chi connectivity index (χ2n) is 3.37. The first kappa shape index (κ1) is 12.4. The summed E-state index contributed by atoms with van der Waals surface area (Å²) in [5, 5.41) is 0.498. The van der Waals surface area contributed by atoms with Gasteiger partial charge in [-0.2, -0.15) is 0 Å². The molecule has 0 N–H and O–H groups in total. The van der Waals surface area contributed by atoms with Gasteiger partial charge in [0.05, 0.1) is 18.9 Å². The van der Waals surface area contributed by atoms with Crippen LogP contribution in [0.5, 0.6) is 5.75 Å². The molecule has 1 heterocycles. The largest absolute Gasteiger partial charge is 0.481 e. The number of carbonyl (C=O) groups excluding carboxylic acids is 1. The first-order chi connectivity index (χ1) is 8.70. The fraction of sp³-hybridized carbons (Fsp3) is 0.167. The molecule has 6 heteroatoms. The molecule has 2 aromatic rings. The van der Waals surface area contributed by atoms with Crippen molar-refractivity contribution in [3.63, 3.8) is 0 Å². The number of methoxy groups -OCH3 is 1. The molecule has 0 radical (unpaired) electrons. The molecule has 0 atom stereocenters. The summed E-state index contributed by atoms with van der Waals surface area (Å²) in [5.74, 6) is 0.495. The molecule has 0 spiro atoms. The Bertz CT molecular complexity index is 539. The minimum Gasteiger partial charge on any atom is -0.481 e. The highest BCUT2D eigenvalue weighted by Crippen LogP contribution is 2.32. The quantitative estimate of drug-likeness (QED) is 0.797. The van der Waals surface area contributed by atoms with Crippen LogP contribution in [0.3, 0.4) is 0 Å². The highest BCUT2D eigenvalue weighted by Gasteiger charge is 2.12.